The maximum Gasteiger partial charge on any atom is 0.293 e. The summed E-state index contributed by atoms with van der Waals surface area (Å²) in [7, 11) is 0. The van der Waals surface area contributed by atoms with E-state index in [0.29, 0.717) is 21.8 Å². The highest BCUT2D eigenvalue weighted by atomic mass is 79.9. The molecule has 0 atom stereocenters. The highest BCUT2D eigenvalue weighted by Crippen LogP contribution is 2.35. The normalized spacial score (nSPS) is 21.4. The first-order chi connectivity index (χ1) is 11.0. The van der Waals surface area contributed by atoms with Crippen LogP contribution < -0.4 is 0 Å². The van der Waals surface area contributed by atoms with Crippen molar-refractivity contribution in [2.24, 2.45) is 5.92 Å². The molecule has 2 fully saturated rings. The topological polar surface area (TPSA) is 57.6 Å². The molecule has 2 aliphatic rings. The number of carbonyl (C=O) groups is 2. The molecule has 3 rings (SSSR count). The second-order valence-electron chi connectivity index (χ2n) is 6.01. The van der Waals surface area contributed by atoms with Gasteiger partial charge in [0.25, 0.3) is 11.1 Å². The van der Waals surface area contributed by atoms with E-state index in [1.165, 1.54) is 24.2 Å². The average molecular weight is 396 g/mol. The molecule has 1 saturated heterocycles. The molecule has 23 heavy (non-hydrogen) atoms. The van der Waals surface area contributed by atoms with Gasteiger partial charge in [-0.15, -0.1) is 0 Å². The van der Waals surface area contributed by atoms with Crippen LogP contribution >= 0.6 is 27.7 Å². The lowest BCUT2D eigenvalue weighted by Crippen LogP contribution is -2.34. The molecule has 2 amide bonds. The fourth-order valence-electron chi connectivity index (χ4n) is 3.05. The maximum atomic E-state index is 12.5. The summed E-state index contributed by atoms with van der Waals surface area (Å²) in [6.07, 6.45) is 7.55. The lowest BCUT2D eigenvalue weighted by atomic mass is 9.89. The predicted octanol–water partition coefficient (Wildman–Crippen LogP) is 4.77. The molecule has 1 aromatic rings. The Kier molecular flexibility index (Phi) is 5.11. The van der Waals surface area contributed by atoms with Gasteiger partial charge in [-0.2, -0.15) is 0 Å². The molecular weight excluding hydrogens is 378 g/mol. The van der Waals surface area contributed by atoms with Crippen molar-refractivity contribution < 1.29 is 14.7 Å². The van der Waals surface area contributed by atoms with Crippen LogP contribution in [0, 0.1) is 5.92 Å². The zero-order valence-corrected chi connectivity index (χ0v) is 15.0. The van der Waals surface area contributed by atoms with Gasteiger partial charge >= 0.3 is 0 Å². The van der Waals surface area contributed by atoms with E-state index in [1.54, 1.807) is 24.3 Å². The van der Waals surface area contributed by atoms with Gasteiger partial charge in [0.2, 0.25) is 0 Å². The van der Waals surface area contributed by atoms with Crippen LogP contribution in [0.5, 0.6) is 5.75 Å². The number of amides is 2. The van der Waals surface area contributed by atoms with E-state index in [2.05, 4.69) is 15.9 Å². The molecule has 1 aliphatic carbocycles. The number of carbonyl (C=O) groups excluding carboxylic acids is 2. The third kappa shape index (κ3) is 3.80. The van der Waals surface area contributed by atoms with Gasteiger partial charge in [0.05, 0.1) is 9.38 Å². The van der Waals surface area contributed by atoms with Gasteiger partial charge in [-0.05, 0) is 70.2 Å². The van der Waals surface area contributed by atoms with Gasteiger partial charge in [0, 0.05) is 6.54 Å². The fourth-order valence-corrected chi connectivity index (χ4v) is 4.29. The Labute approximate surface area is 148 Å². The van der Waals surface area contributed by atoms with Crippen molar-refractivity contribution in [3.8, 4) is 5.75 Å². The summed E-state index contributed by atoms with van der Waals surface area (Å²) in [5.41, 5.74) is 0.776. The van der Waals surface area contributed by atoms with Crippen molar-refractivity contribution in [2.75, 3.05) is 6.54 Å². The fraction of sp³-hybridized carbons (Fsp3) is 0.412. The van der Waals surface area contributed by atoms with Crippen LogP contribution in [0.2, 0.25) is 0 Å². The quantitative estimate of drug-likeness (QED) is 0.748. The van der Waals surface area contributed by atoms with Gasteiger partial charge in [0.1, 0.15) is 5.75 Å². The third-order valence-electron chi connectivity index (χ3n) is 4.31. The maximum absolute atomic E-state index is 12.5. The summed E-state index contributed by atoms with van der Waals surface area (Å²) < 4.78 is 0.563. The van der Waals surface area contributed by atoms with Crippen LogP contribution in [0.4, 0.5) is 4.79 Å². The number of benzene rings is 1. The van der Waals surface area contributed by atoms with Crippen LogP contribution in [-0.2, 0) is 4.79 Å². The largest absolute Gasteiger partial charge is 0.507 e. The molecule has 0 spiro atoms. The molecule has 1 N–H and O–H groups in total. The van der Waals surface area contributed by atoms with Gasteiger partial charge in [-0.1, -0.05) is 25.3 Å². The van der Waals surface area contributed by atoms with E-state index in [-0.39, 0.29) is 16.9 Å². The number of nitrogens with zero attached hydrogens (tertiary/aromatic N) is 1. The van der Waals surface area contributed by atoms with Crippen LogP contribution in [0.1, 0.15) is 37.7 Å². The first-order valence-electron chi connectivity index (χ1n) is 7.78. The number of aromatic hydroxyl groups is 1. The van der Waals surface area contributed by atoms with E-state index < -0.39 is 0 Å². The lowest BCUT2D eigenvalue weighted by Gasteiger charge is -2.25. The molecule has 1 saturated carbocycles. The number of hydrogen-bond donors (Lipinski definition) is 1. The SMILES string of the molecule is O=C1S/C(=C\c2ccc(O)c(Br)c2)C(=O)N1CC1CCCCC1. The highest BCUT2D eigenvalue weighted by molar-refractivity contribution is 9.10. The lowest BCUT2D eigenvalue weighted by molar-refractivity contribution is -0.123. The van der Waals surface area contributed by atoms with Crippen molar-refractivity contribution in [2.45, 2.75) is 32.1 Å². The van der Waals surface area contributed by atoms with Crippen LogP contribution in [-0.4, -0.2) is 27.7 Å². The number of phenols is 1. The Bertz CT molecular complexity index is 668. The molecule has 6 heteroatoms. The summed E-state index contributed by atoms with van der Waals surface area (Å²) >= 11 is 4.25. The minimum absolute atomic E-state index is 0.146. The predicted molar refractivity (Wildman–Crippen MR) is 95.1 cm³/mol. The van der Waals surface area contributed by atoms with Gasteiger partial charge in [0.15, 0.2) is 0 Å². The van der Waals surface area contributed by atoms with Gasteiger partial charge < -0.3 is 5.11 Å². The highest BCUT2D eigenvalue weighted by Gasteiger charge is 2.36. The molecule has 0 unspecified atom stereocenters. The van der Waals surface area contributed by atoms with E-state index in [9.17, 15) is 14.7 Å². The number of rotatable bonds is 3. The van der Waals surface area contributed by atoms with E-state index in [1.807, 2.05) is 0 Å². The number of thioether (sulfide) groups is 1. The van der Waals surface area contributed by atoms with Crippen molar-refractivity contribution in [1.82, 2.24) is 4.90 Å². The molecule has 4 nitrogen and oxygen atoms in total. The summed E-state index contributed by atoms with van der Waals surface area (Å²) in [5.74, 6) is 0.391. The molecule has 122 valence electrons. The van der Waals surface area contributed by atoms with Crippen molar-refractivity contribution >= 4 is 44.9 Å². The first-order valence-corrected chi connectivity index (χ1v) is 9.39. The Morgan fingerprint density at radius 1 is 1.26 bits per heavy atom. The summed E-state index contributed by atoms with van der Waals surface area (Å²) in [6, 6.07) is 5.00. The minimum Gasteiger partial charge on any atom is -0.507 e. The van der Waals surface area contributed by atoms with Crippen LogP contribution in [0.3, 0.4) is 0 Å². The number of hydrogen-bond acceptors (Lipinski definition) is 4. The van der Waals surface area contributed by atoms with Crippen LogP contribution in [0.25, 0.3) is 6.08 Å². The van der Waals surface area contributed by atoms with E-state index in [0.717, 1.165) is 30.2 Å². The standard InChI is InChI=1S/C17H18BrNO3S/c18-13-8-12(6-7-14(13)20)9-15-16(21)19(17(22)23-15)10-11-4-2-1-3-5-11/h6-9,11,20H,1-5,10H2/b15-9-. The summed E-state index contributed by atoms with van der Waals surface area (Å²) in [4.78, 5) is 26.5. The minimum atomic E-state index is -0.199. The van der Waals surface area contributed by atoms with Gasteiger partial charge in [-0.3, -0.25) is 14.5 Å². The molecule has 1 aliphatic heterocycles. The number of imide groups is 1. The zero-order valence-electron chi connectivity index (χ0n) is 12.6. The summed E-state index contributed by atoms with van der Waals surface area (Å²) in [5, 5.41) is 9.34. The molecule has 1 heterocycles. The van der Waals surface area contributed by atoms with Crippen molar-refractivity contribution in [3.05, 3.63) is 33.1 Å². The number of phenolic OH excluding ortho intramolecular Hbond substituents is 1. The van der Waals surface area contributed by atoms with E-state index >= 15 is 0 Å². The smallest absolute Gasteiger partial charge is 0.293 e. The monoisotopic (exact) mass is 395 g/mol. The number of halogens is 1. The second-order valence-corrected chi connectivity index (χ2v) is 7.85. The molecule has 1 aromatic carbocycles. The Morgan fingerprint density at radius 3 is 2.70 bits per heavy atom. The Morgan fingerprint density at radius 2 is 2.00 bits per heavy atom. The van der Waals surface area contributed by atoms with Crippen molar-refractivity contribution in [3.63, 3.8) is 0 Å². The Hall–Kier alpha value is -1.27. The zero-order chi connectivity index (χ0) is 16.4. The molecular formula is C17H18BrNO3S. The first kappa shape index (κ1) is 16.6. The average Bonchev–Trinajstić information content (AvgIpc) is 2.80. The van der Waals surface area contributed by atoms with Crippen molar-refractivity contribution in [1.29, 1.82) is 0 Å². The third-order valence-corrected chi connectivity index (χ3v) is 5.85. The van der Waals surface area contributed by atoms with E-state index in [4.69, 9.17) is 0 Å². The second kappa shape index (κ2) is 7.09. The Balaban J connectivity index is 1.74. The summed E-state index contributed by atoms with van der Waals surface area (Å²) in [6.45, 7) is 0.543. The van der Waals surface area contributed by atoms with Crippen LogP contribution in [0.15, 0.2) is 27.6 Å². The molecule has 0 bridgehead atoms. The molecule has 0 radical (unpaired) electrons. The van der Waals surface area contributed by atoms with Gasteiger partial charge in [-0.25, -0.2) is 0 Å². The molecule has 0 aromatic heterocycles.